The molecule has 32 heavy (non-hydrogen) atoms. The molecule has 1 aromatic rings. The smallest absolute Gasteiger partial charge is 0.268 e. The minimum Gasteiger partial charge on any atom is -0.501 e. The molecule has 0 unspecified atom stereocenters. The monoisotopic (exact) mass is 448 g/mol. The van der Waals surface area contributed by atoms with Crippen molar-refractivity contribution in [1.29, 1.82) is 0 Å². The maximum atomic E-state index is 12.5. The van der Waals surface area contributed by atoms with Crippen LogP contribution in [0.25, 0.3) is 0 Å². The third kappa shape index (κ3) is 12.8. The van der Waals surface area contributed by atoms with E-state index in [1.54, 1.807) is 33.6 Å². The second-order valence-electron chi connectivity index (χ2n) is 5.35. The number of aliphatic imine (C=N–C) groups is 1. The van der Waals surface area contributed by atoms with Crippen LogP contribution in [0.3, 0.4) is 0 Å². The summed E-state index contributed by atoms with van der Waals surface area (Å²) in [7, 11) is 4.82. The van der Waals surface area contributed by atoms with Crippen molar-refractivity contribution in [2.45, 2.75) is 27.2 Å². The van der Waals surface area contributed by atoms with Gasteiger partial charge in [0.25, 0.3) is 5.70 Å². The van der Waals surface area contributed by atoms with Crippen LogP contribution in [0.1, 0.15) is 27.2 Å². The van der Waals surface area contributed by atoms with Gasteiger partial charge in [-0.2, -0.15) is 0 Å². The summed E-state index contributed by atoms with van der Waals surface area (Å²) >= 11 is 0. The molecule has 0 amide bonds. The number of rotatable bonds is 6. The maximum absolute atomic E-state index is 12.5. The van der Waals surface area contributed by atoms with Crippen molar-refractivity contribution in [1.82, 2.24) is 0 Å². The van der Waals surface area contributed by atoms with Gasteiger partial charge in [0.05, 0.1) is 43.8 Å². The van der Waals surface area contributed by atoms with E-state index in [-0.39, 0.29) is 5.70 Å². The van der Waals surface area contributed by atoms with Crippen LogP contribution in [0.15, 0.2) is 84.0 Å². The van der Waals surface area contributed by atoms with Gasteiger partial charge in [0.15, 0.2) is 11.5 Å². The molecule has 0 spiro atoms. The molecule has 0 aromatic heterocycles. The van der Waals surface area contributed by atoms with E-state index in [0.717, 1.165) is 17.5 Å². The molecular formula is C24H33FN2O5. The first-order valence-electron chi connectivity index (χ1n) is 9.76. The lowest BCUT2D eigenvalue weighted by Gasteiger charge is -2.07. The van der Waals surface area contributed by atoms with E-state index < -0.39 is 10.8 Å². The molecule has 1 aliphatic carbocycles. The number of hydrogen-bond acceptors (Lipinski definition) is 6. The third-order valence-corrected chi connectivity index (χ3v) is 3.46. The first-order valence-corrected chi connectivity index (χ1v) is 9.76. The van der Waals surface area contributed by atoms with Crippen molar-refractivity contribution in [2.24, 2.45) is 4.99 Å². The van der Waals surface area contributed by atoms with Crippen LogP contribution in [0, 0.1) is 10.1 Å². The van der Waals surface area contributed by atoms with Gasteiger partial charge in [0.2, 0.25) is 0 Å². The van der Waals surface area contributed by atoms with Gasteiger partial charge < -0.3 is 14.2 Å². The fraction of sp³-hybridized carbons (Fsp3) is 0.292. The van der Waals surface area contributed by atoms with Crippen LogP contribution < -0.4 is 9.47 Å². The molecule has 0 aliphatic heterocycles. The van der Waals surface area contributed by atoms with Crippen molar-refractivity contribution in [2.75, 3.05) is 21.3 Å². The summed E-state index contributed by atoms with van der Waals surface area (Å²) in [5, 5.41) is 10.2. The van der Waals surface area contributed by atoms with Crippen molar-refractivity contribution < 1.29 is 23.5 Å². The zero-order chi connectivity index (χ0) is 24.9. The highest BCUT2D eigenvalue weighted by atomic mass is 19.1. The third-order valence-electron chi connectivity index (χ3n) is 3.46. The average molecular weight is 449 g/mol. The van der Waals surface area contributed by atoms with Crippen molar-refractivity contribution in [3.05, 3.63) is 89.1 Å². The highest BCUT2D eigenvalue weighted by Gasteiger charge is 2.08. The Morgan fingerprint density at radius 3 is 2.34 bits per heavy atom. The second kappa shape index (κ2) is 19.3. The highest BCUT2D eigenvalue weighted by Crippen LogP contribution is 2.30. The Labute approximate surface area is 190 Å². The number of methoxy groups -OCH3 is 3. The zero-order valence-electron chi connectivity index (χ0n) is 19.6. The number of benzene rings is 1. The topological polar surface area (TPSA) is 83.2 Å². The summed E-state index contributed by atoms with van der Waals surface area (Å²) in [6, 6.07) is 5.48. The molecule has 0 saturated carbocycles. The molecule has 0 fully saturated rings. The van der Waals surface area contributed by atoms with Crippen LogP contribution in [0.2, 0.25) is 0 Å². The summed E-state index contributed by atoms with van der Waals surface area (Å²) in [5.41, 5.74) is 0.607. The molecule has 1 aliphatic rings. The summed E-state index contributed by atoms with van der Waals surface area (Å²) in [4.78, 5) is 13.8. The van der Waals surface area contributed by atoms with Gasteiger partial charge in [-0.05, 0) is 43.7 Å². The molecule has 0 N–H and O–H groups in total. The van der Waals surface area contributed by atoms with Gasteiger partial charge in [-0.25, -0.2) is 4.39 Å². The predicted octanol–water partition coefficient (Wildman–Crippen LogP) is 6.75. The number of hydrogen-bond donors (Lipinski definition) is 0. The Morgan fingerprint density at radius 2 is 1.81 bits per heavy atom. The van der Waals surface area contributed by atoms with E-state index in [0.29, 0.717) is 17.9 Å². The lowest BCUT2D eigenvalue weighted by atomic mass is 10.3. The summed E-state index contributed by atoms with van der Waals surface area (Å²) < 4.78 is 27.8. The largest absolute Gasteiger partial charge is 0.501 e. The highest BCUT2D eigenvalue weighted by molar-refractivity contribution is 5.75. The van der Waals surface area contributed by atoms with E-state index in [4.69, 9.17) is 14.2 Å². The molecular weight excluding hydrogens is 415 g/mol. The van der Waals surface area contributed by atoms with Crippen molar-refractivity contribution in [3.63, 3.8) is 0 Å². The molecule has 0 heterocycles. The molecule has 2 rings (SSSR count). The SMILES string of the molecule is C=C.CC.CO/C(C)=C/C=Nc1ccc(OC)c(OC)c1.O=[N+]([O-])C1=CCC=CC(F)=C1. The van der Waals surface area contributed by atoms with Gasteiger partial charge in [-0.15, -0.1) is 13.2 Å². The van der Waals surface area contributed by atoms with Gasteiger partial charge >= 0.3 is 0 Å². The van der Waals surface area contributed by atoms with Gasteiger partial charge in [0, 0.05) is 12.3 Å². The average Bonchev–Trinajstić information content (AvgIpc) is 3.06. The lowest BCUT2D eigenvalue weighted by molar-refractivity contribution is -0.419. The molecule has 0 bridgehead atoms. The number of ether oxygens (including phenoxy) is 3. The Bertz CT molecular complexity index is 843. The van der Waals surface area contributed by atoms with Crippen LogP contribution in [-0.2, 0) is 4.74 Å². The van der Waals surface area contributed by atoms with Gasteiger partial charge in [-0.3, -0.25) is 15.1 Å². The zero-order valence-corrected chi connectivity index (χ0v) is 19.6. The first kappa shape index (κ1) is 30.5. The molecule has 1 aromatic carbocycles. The molecule has 8 heteroatoms. The normalized spacial score (nSPS) is 12.3. The van der Waals surface area contributed by atoms with Crippen molar-refractivity contribution >= 4 is 11.9 Å². The summed E-state index contributed by atoms with van der Waals surface area (Å²) in [5.74, 6) is 1.57. The van der Waals surface area contributed by atoms with Gasteiger partial charge in [0.1, 0.15) is 5.83 Å². The number of nitrogens with zero attached hydrogens (tertiary/aromatic N) is 2. The fourth-order valence-electron chi connectivity index (χ4n) is 1.95. The molecule has 0 atom stereocenters. The summed E-state index contributed by atoms with van der Waals surface area (Å²) in [6.45, 7) is 11.9. The maximum Gasteiger partial charge on any atom is 0.268 e. The van der Waals surface area contributed by atoms with Crippen LogP contribution in [0.4, 0.5) is 10.1 Å². The van der Waals surface area contributed by atoms with Crippen molar-refractivity contribution in [3.8, 4) is 11.5 Å². The van der Waals surface area contributed by atoms with Crippen LogP contribution in [-0.4, -0.2) is 32.5 Å². The van der Waals surface area contributed by atoms with E-state index >= 15 is 0 Å². The van der Waals surface area contributed by atoms with E-state index in [1.807, 2.05) is 39.0 Å². The first-order chi connectivity index (χ1) is 15.4. The van der Waals surface area contributed by atoms with Crippen LogP contribution >= 0.6 is 0 Å². The standard InChI is InChI=1S/C13H17NO3.C7H6FNO2.C2H6.C2H4/c1-10(15-2)7-8-14-11-5-6-12(16-3)13(9-11)17-4;8-6-3-1-2-4-7(5-6)9(10)11;2*1-2/h5-9H,1-4H3;1,3-5H,2H2;1-2H3;1-2H2/b10-7+,14-8?;;;. The molecule has 0 saturated heterocycles. The Balaban J connectivity index is 0. The van der Waals surface area contributed by atoms with E-state index in [9.17, 15) is 14.5 Å². The molecule has 176 valence electrons. The number of halogens is 1. The quantitative estimate of drug-likeness (QED) is 0.158. The van der Waals surface area contributed by atoms with E-state index in [1.165, 1.54) is 18.2 Å². The number of allylic oxidation sites excluding steroid dienone is 7. The summed E-state index contributed by atoms with van der Waals surface area (Å²) in [6.07, 6.45) is 8.89. The number of nitro groups is 1. The molecule has 0 radical (unpaired) electrons. The fourth-order valence-corrected chi connectivity index (χ4v) is 1.95. The second-order valence-corrected chi connectivity index (χ2v) is 5.35. The van der Waals surface area contributed by atoms with Gasteiger partial charge in [-0.1, -0.05) is 19.9 Å². The van der Waals surface area contributed by atoms with Crippen LogP contribution in [0.5, 0.6) is 11.5 Å². The van der Waals surface area contributed by atoms with E-state index in [2.05, 4.69) is 18.2 Å². The predicted molar refractivity (Wildman–Crippen MR) is 129 cm³/mol. The minimum atomic E-state index is -0.605. The Hall–Kier alpha value is -3.68. The minimum absolute atomic E-state index is 0.187. The Morgan fingerprint density at radius 1 is 1.19 bits per heavy atom. The Kier molecular flexibility index (Phi) is 18.4. The lowest BCUT2D eigenvalue weighted by Crippen LogP contribution is -1.94. The molecule has 7 nitrogen and oxygen atoms in total.